The molecule has 0 aliphatic carbocycles. The van der Waals surface area contributed by atoms with Crippen LogP contribution in [0.3, 0.4) is 0 Å². The van der Waals surface area contributed by atoms with Gasteiger partial charge in [-0.15, -0.1) is 24.0 Å². The Balaban J connectivity index is 0.00000385. The summed E-state index contributed by atoms with van der Waals surface area (Å²) in [7, 11) is 1.77. The van der Waals surface area contributed by atoms with E-state index in [0.717, 1.165) is 57.8 Å². The van der Waals surface area contributed by atoms with Crippen LogP contribution in [0.1, 0.15) is 20.3 Å². The van der Waals surface area contributed by atoms with Crippen LogP contribution in [0.25, 0.3) is 0 Å². The molecular formula is C22H39IN8O2. The monoisotopic (exact) mass is 574 g/mol. The van der Waals surface area contributed by atoms with Gasteiger partial charge in [-0.25, -0.2) is 9.97 Å². The molecule has 2 fully saturated rings. The fourth-order valence-corrected chi connectivity index (χ4v) is 4.17. The Kier molecular flexibility index (Phi) is 12.1. The highest BCUT2D eigenvalue weighted by Crippen LogP contribution is 2.12. The molecule has 2 saturated heterocycles. The van der Waals surface area contributed by atoms with E-state index in [9.17, 15) is 4.79 Å². The lowest BCUT2D eigenvalue weighted by atomic mass is 10.0. The number of anilines is 1. The van der Waals surface area contributed by atoms with E-state index in [1.807, 2.05) is 11.0 Å². The van der Waals surface area contributed by atoms with Crippen molar-refractivity contribution in [2.75, 3.05) is 77.5 Å². The van der Waals surface area contributed by atoms with Crippen LogP contribution in [-0.2, 0) is 9.53 Å². The number of piperazine rings is 1. The van der Waals surface area contributed by atoms with Crippen molar-refractivity contribution in [2.24, 2.45) is 10.9 Å². The predicted octanol–water partition coefficient (Wildman–Crippen LogP) is 0.655. The average Bonchev–Trinajstić information content (AvgIpc) is 2.84. The fraction of sp³-hybridized carbons (Fsp3) is 0.727. The topological polar surface area (TPSA) is 98.2 Å². The summed E-state index contributed by atoms with van der Waals surface area (Å²) in [5.74, 6) is 2.16. The van der Waals surface area contributed by atoms with E-state index in [1.165, 1.54) is 0 Å². The number of nitrogens with zero attached hydrogens (tertiary/aromatic N) is 6. The SMILES string of the molecule is CN=C(NCCC(=O)N1CCN(c2ncccn2)CC1)NCC(C(C)C)N1CCOCC1.I. The maximum atomic E-state index is 12.6. The summed E-state index contributed by atoms with van der Waals surface area (Å²) in [5.41, 5.74) is 0. The predicted molar refractivity (Wildman–Crippen MR) is 141 cm³/mol. The molecule has 0 aromatic carbocycles. The lowest BCUT2D eigenvalue weighted by Crippen LogP contribution is -2.53. The van der Waals surface area contributed by atoms with E-state index >= 15 is 0 Å². The van der Waals surface area contributed by atoms with Gasteiger partial charge in [-0.1, -0.05) is 13.8 Å². The molecule has 3 heterocycles. The van der Waals surface area contributed by atoms with Gasteiger partial charge in [0.1, 0.15) is 0 Å². The first kappa shape index (κ1) is 27.5. The van der Waals surface area contributed by atoms with Gasteiger partial charge < -0.3 is 25.2 Å². The van der Waals surface area contributed by atoms with Crippen molar-refractivity contribution in [2.45, 2.75) is 26.3 Å². The number of halogens is 1. The van der Waals surface area contributed by atoms with E-state index in [1.54, 1.807) is 19.4 Å². The molecule has 1 aromatic rings. The molecule has 186 valence electrons. The number of guanidine groups is 1. The maximum Gasteiger partial charge on any atom is 0.225 e. The molecule has 1 aromatic heterocycles. The molecular weight excluding hydrogens is 535 g/mol. The summed E-state index contributed by atoms with van der Waals surface area (Å²) in [6.07, 6.45) is 3.94. The van der Waals surface area contributed by atoms with Gasteiger partial charge in [0.25, 0.3) is 0 Å². The lowest BCUT2D eigenvalue weighted by Gasteiger charge is -2.37. The zero-order valence-electron chi connectivity index (χ0n) is 20.1. The molecule has 0 bridgehead atoms. The number of aliphatic imine (C=N–C) groups is 1. The first-order chi connectivity index (χ1) is 15.6. The molecule has 1 atom stereocenters. The van der Waals surface area contributed by atoms with Crippen LogP contribution < -0.4 is 15.5 Å². The van der Waals surface area contributed by atoms with Crippen LogP contribution in [0.4, 0.5) is 5.95 Å². The van der Waals surface area contributed by atoms with E-state index < -0.39 is 0 Å². The second-order valence-electron chi connectivity index (χ2n) is 8.51. The van der Waals surface area contributed by atoms with E-state index in [-0.39, 0.29) is 29.9 Å². The summed E-state index contributed by atoms with van der Waals surface area (Å²) >= 11 is 0. The van der Waals surface area contributed by atoms with Gasteiger partial charge in [-0.2, -0.15) is 0 Å². The van der Waals surface area contributed by atoms with Crippen molar-refractivity contribution in [1.29, 1.82) is 0 Å². The lowest BCUT2D eigenvalue weighted by molar-refractivity contribution is -0.131. The molecule has 1 amide bonds. The quantitative estimate of drug-likeness (QED) is 0.266. The molecule has 33 heavy (non-hydrogen) atoms. The number of carbonyl (C=O) groups excluding carboxylic acids is 1. The first-order valence-electron chi connectivity index (χ1n) is 11.6. The Bertz CT molecular complexity index is 722. The van der Waals surface area contributed by atoms with Crippen molar-refractivity contribution < 1.29 is 9.53 Å². The van der Waals surface area contributed by atoms with Crippen LogP contribution >= 0.6 is 24.0 Å². The minimum atomic E-state index is 0. The van der Waals surface area contributed by atoms with Crippen molar-refractivity contribution in [1.82, 2.24) is 30.4 Å². The van der Waals surface area contributed by atoms with Crippen LogP contribution in [0.2, 0.25) is 0 Å². The fourth-order valence-electron chi connectivity index (χ4n) is 4.17. The molecule has 10 nitrogen and oxygen atoms in total. The molecule has 2 N–H and O–H groups in total. The van der Waals surface area contributed by atoms with E-state index in [4.69, 9.17) is 4.74 Å². The summed E-state index contributed by atoms with van der Waals surface area (Å²) in [6, 6.07) is 2.23. The van der Waals surface area contributed by atoms with Crippen LogP contribution in [0, 0.1) is 5.92 Å². The smallest absolute Gasteiger partial charge is 0.225 e. The van der Waals surface area contributed by atoms with Gasteiger partial charge in [0.2, 0.25) is 11.9 Å². The summed E-state index contributed by atoms with van der Waals surface area (Å²) in [4.78, 5) is 32.1. The van der Waals surface area contributed by atoms with E-state index in [2.05, 4.69) is 49.2 Å². The van der Waals surface area contributed by atoms with Gasteiger partial charge in [-0.3, -0.25) is 14.7 Å². The number of nitrogens with one attached hydrogen (secondary N) is 2. The molecule has 0 radical (unpaired) electrons. The third kappa shape index (κ3) is 8.53. The van der Waals surface area contributed by atoms with Crippen molar-refractivity contribution >= 4 is 41.8 Å². The number of morpholine rings is 1. The van der Waals surface area contributed by atoms with Gasteiger partial charge in [0, 0.05) is 84.3 Å². The zero-order valence-corrected chi connectivity index (χ0v) is 22.4. The number of amides is 1. The Morgan fingerprint density at radius 3 is 2.36 bits per heavy atom. The van der Waals surface area contributed by atoms with Crippen LogP contribution in [-0.4, -0.2) is 110 Å². The summed E-state index contributed by atoms with van der Waals surface area (Å²) in [6.45, 7) is 12.3. The number of rotatable bonds is 8. The molecule has 0 saturated carbocycles. The Morgan fingerprint density at radius 1 is 1.09 bits per heavy atom. The minimum Gasteiger partial charge on any atom is -0.379 e. The van der Waals surface area contributed by atoms with Gasteiger partial charge >= 0.3 is 0 Å². The first-order valence-corrected chi connectivity index (χ1v) is 11.6. The summed E-state index contributed by atoms with van der Waals surface area (Å²) < 4.78 is 5.49. The van der Waals surface area contributed by atoms with Crippen LogP contribution in [0.15, 0.2) is 23.5 Å². The number of aromatic nitrogens is 2. The molecule has 0 spiro atoms. The molecule has 2 aliphatic heterocycles. The Morgan fingerprint density at radius 2 is 1.76 bits per heavy atom. The average molecular weight is 575 g/mol. The molecule has 2 aliphatic rings. The second-order valence-corrected chi connectivity index (χ2v) is 8.51. The third-order valence-corrected chi connectivity index (χ3v) is 6.09. The standard InChI is InChI=1S/C22H38N8O2.HI/c1-18(2)19(28-13-15-32-16-14-28)17-27-21(23-3)24-8-5-20(31)29-9-11-30(12-10-29)22-25-6-4-7-26-22;/h4,6-7,18-19H,5,8-17H2,1-3H3,(H2,23,24,27);1H. The van der Waals surface area contributed by atoms with Gasteiger partial charge in [0.15, 0.2) is 5.96 Å². The number of hydrogen-bond donors (Lipinski definition) is 2. The molecule has 1 unspecified atom stereocenters. The van der Waals surface area contributed by atoms with Crippen molar-refractivity contribution in [3.63, 3.8) is 0 Å². The highest BCUT2D eigenvalue weighted by molar-refractivity contribution is 14.0. The van der Waals surface area contributed by atoms with Gasteiger partial charge in [0.05, 0.1) is 13.2 Å². The molecule has 3 rings (SSSR count). The van der Waals surface area contributed by atoms with Gasteiger partial charge in [-0.05, 0) is 12.0 Å². The summed E-state index contributed by atoms with van der Waals surface area (Å²) in [5, 5.41) is 6.73. The highest BCUT2D eigenvalue weighted by Gasteiger charge is 2.24. The van der Waals surface area contributed by atoms with E-state index in [0.29, 0.717) is 38.0 Å². The van der Waals surface area contributed by atoms with Crippen LogP contribution in [0.5, 0.6) is 0 Å². The minimum absolute atomic E-state index is 0. The van der Waals surface area contributed by atoms with Crippen molar-refractivity contribution in [3.8, 4) is 0 Å². The van der Waals surface area contributed by atoms with Crippen molar-refractivity contribution in [3.05, 3.63) is 18.5 Å². The molecule has 11 heteroatoms. The Hall–Kier alpha value is -1.73. The Labute approximate surface area is 214 Å². The number of ether oxygens (including phenoxy) is 1. The largest absolute Gasteiger partial charge is 0.379 e. The maximum absolute atomic E-state index is 12.6. The highest BCUT2D eigenvalue weighted by atomic mass is 127. The zero-order chi connectivity index (χ0) is 22.8. The number of carbonyl (C=O) groups is 1. The number of hydrogen-bond acceptors (Lipinski definition) is 7. The second kappa shape index (κ2) is 14.5. The third-order valence-electron chi connectivity index (χ3n) is 6.09. The normalized spacial score (nSPS) is 18.6.